The number of nitrogens with one attached hydrogen (secondary N) is 1. The van der Waals surface area contributed by atoms with Crippen molar-refractivity contribution < 1.29 is 8.91 Å². The molecule has 2 heterocycles. The highest BCUT2D eigenvalue weighted by Crippen LogP contribution is 2.18. The fourth-order valence-electron chi connectivity index (χ4n) is 2.22. The summed E-state index contributed by atoms with van der Waals surface area (Å²) in [5, 5.41) is 11.5. The smallest absolute Gasteiger partial charge is 0.248 e. The molecule has 0 fully saturated rings. The van der Waals surface area contributed by atoms with Gasteiger partial charge in [-0.2, -0.15) is 10.1 Å². The molecule has 0 saturated carbocycles. The van der Waals surface area contributed by atoms with E-state index in [2.05, 4.69) is 20.6 Å². The van der Waals surface area contributed by atoms with Crippen LogP contribution >= 0.6 is 0 Å². The zero-order valence-electron chi connectivity index (χ0n) is 13.0. The fraction of sp³-hybridized carbons (Fsp3) is 0.312. The Bertz CT molecular complexity index is 765. The van der Waals surface area contributed by atoms with E-state index in [9.17, 15) is 4.39 Å². The van der Waals surface area contributed by atoms with Crippen molar-refractivity contribution in [2.75, 3.05) is 5.32 Å². The maximum atomic E-state index is 12.9. The third-order valence-electron chi connectivity index (χ3n) is 3.47. The molecule has 1 N–H and O–H groups in total. The molecule has 120 valence electrons. The van der Waals surface area contributed by atoms with Crippen molar-refractivity contribution in [1.29, 1.82) is 0 Å². The molecule has 7 heteroatoms. The molecule has 23 heavy (non-hydrogen) atoms. The maximum Gasteiger partial charge on any atom is 0.248 e. The van der Waals surface area contributed by atoms with Crippen LogP contribution in [0.5, 0.6) is 0 Å². The van der Waals surface area contributed by atoms with E-state index in [4.69, 9.17) is 4.52 Å². The molecule has 0 unspecified atom stereocenters. The summed E-state index contributed by atoms with van der Waals surface area (Å²) in [5.74, 6) is 0.823. The molecule has 1 aromatic carbocycles. The van der Waals surface area contributed by atoms with Crippen LogP contribution in [0.1, 0.15) is 37.2 Å². The van der Waals surface area contributed by atoms with E-state index >= 15 is 0 Å². The number of hydrogen-bond acceptors (Lipinski definition) is 5. The number of hydrogen-bond donors (Lipinski definition) is 1. The number of anilines is 1. The summed E-state index contributed by atoms with van der Waals surface area (Å²) in [6, 6.07) is 6.15. The summed E-state index contributed by atoms with van der Waals surface area (Å²) < 4.78 is 20.0. The highest BCUT2D eigenvalue weighted by Gasteiger charge is 2.15. The van der Waals surface area contributed by atoms with Gasteiger partial charge in [-0.25, -0.2) is 4.39 Å². The minimum absolute atomic E-state index is 0.126. The number of benzene rings is 1. The summed E-state index contributed by atoms with van der Waals surface area (Å²) in [6.45, 7) is 4.79. The Morgan fingerprint density at radius 1 is 1.30 bits per heavy atom. The minimum Gasteiger partial charge on any atom is -0.371 e. The van der Waals surface area contributed by atoms with Gasteiger partial charge in [-0.05, 0) is 31.5 Å². The Kier molecular flexibility index (Phi) is 4.36. The first-order chi connectivity index (χ1) is 11.1. The SMILES string of the molecule is CCn1cc(N[C@@H](C)c2nc(Cc3ccc(F)cc3)no2)cn1. The van der Waals surface area contributed by atoms with Gasteiger partial charge in [0.25, 0.3) is 0 Å². The summed E-state index contributed by atoms with van der Waals surface area (Å²) in [7, 11) is 0. The van der Waals surface area contributed by atoms with Crippen LogP contribution in [0.25, 0.3) is 0 Å². The fourth-order valence-corrected chi connectivity index (χ4v) is 2.22. The number of nitrogens with zero attached hydrogens (tertiary/aromatic N) is 4. The minimum atomic E-state index is -0.256. The van der Waals surface area contributed by atoms with Crippen molar-refractivity contribution in [3.05, 3.63) is 59.8 Å². The molecule has 0 spiro atoms. The van der Waals surface area contributed by atoms with E-state index < -0.39 is 0 Å². The Labute approximate surface area is 133 Å². The highest BCUT2D eigenvalue weighted by atomic mass is 19.1. The molecule has 3 rings (SSSR count). The van der Waals surface area contributed by atoms with Gasteiger partial charge in [0.15, 0.2) is 5.82 Å². The van der Waals surface area contributed by atoms with Gasteiger partial charge in [0, 0.05) is 19.2 Å². The van der Waals surface area contributed by atoms with Gasteiger partial charge in [0.05, 0.1) is 11.9 Å². The van der Waals surface area contributed by atoms with Crippen LogP contribution in [-0.4, -0.2) is 19.9 Å². The third-order valence-corrected chi connectivity index (χ3v) is 3.47. The van der Waals surface area contributed by atoms with Crippen LogP contribution in [-0.2, 0) is 13.0 Å². The van der Waals surface area contributed by atoms with Gasteiger partial charge in [0.2, 0.25) is 5.89 Å². The van der Waals surface area contributed by atoms with Crippen molar-refractivity contribution in [2.45, 2.75) is 32.9 Å². The van der Waals surface area contributed by atoms with Crippen LogP contribution in [0.3, 0.4) is 0 Å². The van der Waals surface area contributed by atoms with E-state index in [1.165, 1.54) is 12.1 Å². The van der Waals surface area contributed by atoms with Crippen molar-refractivity contribution in [3.63, 3.8) is 0 Å². The van der Waals surface area contributed by atoms with Crippen LogP contribution < -0.4 is 5.32 Å². The average molecular weight is 315 g/mol. The molecule has 2 aromatic heterocycles. The lowest BCUT2D eigenvalue weighted by atomic mass is 10.1. The second-order valence-corrected chi connectivity index (χ2v) is 5.30. The average Bonchev–Trinajstić information content (AvgIpc) is 3.19. The van der Waals surface area contributed by atoms with Gasteiger partial charge in [-0.3, -0.25) is 4.68 Å². The van der Waals surface area contributed by atoms with Crippen LogP contribution in [0, 0.1) is 5.82 Å². The lowest BCUT2D eigenvalue weighted by Gasteiger charge is -2.07. The van der Waals surface area contributed by atoms with Crippen LogP contribution in [0.2, 0.25) is 0 Å². The van der Waals surface area contributed by atoms with Crippen molar-refractivity contribution in [1.82, 2.24) is 19.9 Å². The van der Waals surface area contributed by atoms with Crippen molar-refractivity contribution in [3.8, 4) is 0 Å². The molecule has 0 aliphatic carbocycles. The van der Waals surface area contributed by atoms with Crippen LogP contribution in [0.15, 0.2) is 41.2 Å². The van der Waals surface area contributed by atoms with E-state index in [0.29, 0.717) is 18.1 Å². The quantitative estimate of drug-likeness (QED) is 0.756. The third kappa shape index (κ3) is 3.74. The lowest BCUT2D eigenvalue weighted by Crippen LogP contribution is -2.06. The number of aryl methyl sites for hydroxylation is 1. The first-order valence-corrected chi connectivity index (χ1v) is 7.50. The first-order valence-electron chi connectivity index (χ1n) is 7.50. The van der Waals surface area contributed by atoms with Gasteiger partial charge in [-0.1, -0.05) is 17.3 Å². The van der Waals surface area contributed by atoms with Gasteiger partial charge >= 0.3 is 0 Å². The first kappa shape index (κ1) is 15.2. The van der Waals surface area contributed by atoms with Gasteiger partial charge in [-0.15, -0.1) is 0 Å². The van der Waals surface area contributed by atoms with Gasteiger partial charge in [0.1, 0.15) is 11.9 Å². The second-order valence-electron chi connectivity index (χ2n) is 5.30. The Morgan fingerprint density at radius 2 is 2.09 bits per heavy atom. The topological polar surface area (TPSA) is 68.8 Å². The largest absolute Gasteiger partial charge is 0.371 e. The molecule has 0 aliphatic heterocycles. The molecular formula is C16H18FN5O. The van der Waals surface area contributed by atoms with E-state index in [0.717, 1.165) is 17.8 Å². The standard InChI is InChI=1S/C16H18FN5O/c1-3-22-10-14(9-18-22)19-11(2)16-20-15(21-23-16)8-12-4-6-13(17)7-5-12/h4-7,9-11,19H,3,8H2,1-2H3/t11-/m0/s1. The monoisotopic (exact) mass is 315 g/mol. The molecule has 0 amide bonds. The maximum absolute atomic E-state index is 12.9. The summed E-state index contributed by atoms with van der Waals surface area (Å²) in [6.07, 6.45) is 4.19. The molecule has 0 aliphatic rings. The molecular weight excluding hydrogens is 297 g/mol. The van der Waals surface area contributed by atoms with Crippen molar-refractivity contribution >= 4 is 5.69 Å². The van der Waals surface area contributed by atoms with E-state index in [-0.39, 0.29) is 11.9 Å². The zero-order chi connectivity index (χ0) is 16.2. The summed E-state index contributed by atoms with van der Waals surface area (Å²) >= 11 is 0. The Balaban J connectivity index is 1.64. The van der Waals surface area contributed by atoms with Gasteiger partial charge < -0.3 is 9.84 Å². The molecule has 0 saturated heterocycles. The second kappa shape index (κ2) is 6.60. The summed E-state index contributed by atoms with van der Waals surface area (Å²) in [4.78, 5) is 4.39. The normalized spacial score (nSPS) is 12.3. The predicted octanol–water partition coefficient (Wildman–Crippen LogP) is 3.19. The molecule has 6 nitrogen and oxygen atoms in total. The number of halogens is 1. The molecule has 3 aromatic rings. The van der Waals surface area contributed by atoms with Crippen molar-refractivity contribution in [2.24, 2.45) is 0 Å². The number of aromatic nitrogens is 4. The molecule has 0 radical (unpaired) electrons. The predicted molar refractivity (Wildman–Crippen MR) is 83.4 cm³/mol. The molecule has 1 atom stereocenters. The summed E-state index contributed by atoms with van der Waals surface area (Å²) in [5.41, 5.74) is 1.83. The van der Waals surface area contributed by atoms with Crippen LogP contribution in [0.4, 0.5) is 10.1 Å². The Hall–Kier alpha value is -2.70. The zero-order valence-corrected chi connectivity index (χ0v) is 13.0. The number of rotatable bonds is 6. The molecule has 0 bridgehead atoms. The highest BCUT2D eigenvalue weighted by molar-refractivity contribution is 5.39. The lowest BCUT2D eigenvalue weighted by molar-refractivity contribution is 0.363. The van der Waals surface area contributed by atoms with E-state index in [1.54, 1.807) is 18.3 Å². The Morgan fingerprint density at radius 3 is 2.78 bits per heavy atom. The van der Waals surface area contributed by atoms with E-state index in [1.807, 2.05) is 24.7 Å².